The summed E-state index contributed by atoms with van der Waals surface area (Å²) in [4.78, 5) is 31.1. The highest BCUT2D eigenvalue weighted by molar-refractivity contribution is 5.88. The van der Waals surface area contributed by atoms with Crippen molar-refractivity contribution in [3.8, 4) is 0 Å². The summed E-state index contributed by atoms with van der Waals surface area (Å²) in [6.45, 7) is 7.03. The first kappa shape index (κ1) is 18.4. The molecule has 1 aliphatic rings. The molecule has 3 heterocycles. The van der Waals surface area contributed by atoms with Crippen LogP contribution in [-0.4, -0.2) is 58.3 Å². The molecule has 7 nitrogen and oxygen atoms in total. The third-order valence-corrected chi connectivity index (χ3v) is 4.54. The lowest BCUT2D eigenvalue weighted by Gasteiger charge is -2.35. The molecule has 1 fully saturated rings. The van der Waals surface area contributed by atoms with Gasteiger partial charge in [-0.2, -0.15) is 0 Å². The summed E-state index contributed by atoms with van der Waals surface area (Å²) < 4.78 is 1.97. The fourth-order valence-corrected chi connectivity index (χ4v) is 3.36. The quantitative estimate of drug-likeness (QED) is 0.770. The molecule has 0 radical (unpaired) electrons. The van der Waals surface area contributed by atoms with E-state index in [1.54, 1.807) is 0 Å². The van der Waals surface area contributed by atoms with Gasteiger partial charge in [-0.15, -0.1) is 0 Å². The fraction of sp³-hybridized carbons (Fsp3) is 0.526. The second-order valence-corrected chi connectivity index (χ2v) is 7.20. The lowest BCUT2D eigenvalue weighted by molar-refractivity contribution is -0.134. The van der Waals surface area contributed by atoms with Gasteiger partial charge < -0.3 is 15.0 Å². The summed E-state index contributed by atoms with van der Waals surface area (Å²) in [6.07, 6.45) is 4.79. The molecular formula is C19H27N5O2. The number of pyridine rings is 1. The van der Waals surface area contributed by atoms with Gasteiger partial charge in [0, 0.05) is 45.0 Å². The van der Waals surface area contributed by atoms with Crippen molar-refractivity contribution >= 4 is 17.5 Å². The van der Waals surface area contributed by atoms with Gasteiger partial charge in [0.25, 0.3) is 0 Å². The first-order chi connectivity index (χ1) is 12.5. The van der Waals surface area contributed by atoms with E-state index < -0.39 is 0 Å². The highest BCUT2D eigenvalue weighted by atomic mass is 16.2. The van der Waals surface area contributed by atoms with Crippen LogP contribution < -0.4 is 10.6 Å². The number of nitrogens with one attached hydrogen (secondary N) is 2. The van der Waals surface area contributed by atoms with Gasteiger partial charge in [0.05, 0.1) is 18.2 Å². The molecule has 140 valence electrons. The van der Waals surface area contributed by atoms with E-state index >= 15 is 0 Å². The van der Waals surface area contributed by atoms with Crippen molar-refractivity contribution < 1.29 is 9.59 Å². The summed E-state index contributed by atoms with van der Waals surface area (Å²) >= 11 is 0. The smallest absolute Gasteiger partial charge is 0.237 e. The SMILES string of the molecule is CC(C)CN1CCNC(=O)C1CC(=O)NCCc1cn2ccccc2n1. The van der Waals surface area contributed by atoms with Crippen LogP contribution in [0.5, 0.6) is 0 Å². The summed E-state index contributed by atoms with van der Waals surface area (Å²) in [7, 11) is 0. The first-order valence-electron chi connectivity index (χ1n) is 9.24. The molecule has 0 bridgehead atoms. The topological polar surface area (TPSA) is 78.7 Å². The standard InChI is InChI=1S/C19H27N5O2/c1-14(2)12-23-10-8-21-19(26)16(23)11-18(25)20-7-6-15-13-24-9-4-3-5-17(24)22-15/h3-5,9,13-14,16H,6-8,10-12H2,1-2H3,(H,20,25)(H,21,26). The Bertz CT molecular complexity index is 737. The van der Waals surface area contributed by atoms with Crippen LogP contribution in [0.3, 0.4) is 0 Å². The molecule has 2 aromatic heterocycles. The van der Waals surface area contributed by atoms with Crippen LogP contribution in [0, 0.1) is 5.92 Å². The van der Waals surface area contributed by atoms with Gasteiger partial charge in [-0.05, 0) is 18.1 Å². The van der Waals surface area contributed by atoms with E-state index in [0.29, 0.717) is 25.4 Å². The van der Waals surface area contributed by atoms with Gasteiger partial charge in [0.1, 0.15) is 5.65 Å². The predicted molar refractivity (Wildman–Crippen MR) is 99.7 cm³/mol. The molecule has 3 rings (SSSR count). The second-order valence-electron chi connectivity index (χ2n) is 7.20. The van der Waals surface area contributed by atoms with E-state index in [-0.39, 0.29) is 24.3 Å². The van der Waals surface area contributed by atoms with Crippen molar-refractivity contribution in [2.24, 2.45) is 5.92 Å². The maximum Gasteiger partial charge on any atom is 0.237 e. The van der Waals surface area contributed by atoms with Crippen molar-refractivity contribution in [2.75, 3.05) is 26.2 Å². The minimum absolute atomic E-state index is 0.0487. The van der Waals surface area contributed by atoms with Crippen LogP contribution in [0.2, 0.25) is 0 Å². The van der Waals surface area contributed by atoms with Crippen molar-refractivity contribution in [2.45, 2.75) is 32.7 Å². The van der Waals surface area contributed by atoms with Crippen LogP contribution in [0.1, 0.15) is 26.0 Å². The van der Waals surface area contributed by atoms with Crippen LogP contribution in [0.4, 0.5) is 0 Å². The van der Waals surface area contributed by atoms with E-state index in [1.807, 2.05) is 35.0 Å². The zero-order chi connectivity index (χ0) is 18.5. The van der Waals surface area contributed by atoms with Gasteiger partial charge in [0.15, 0.2) is 0 Å². The number of imidazole rings is 1. The number of fused-ring (bicyclic) bond motifs is 1. The van der Waals surface area contributed by atoms with E-state index in [2.05, 4.69) is 34.4 Å². The maximum atomic E-state index is 12.3. The van der Waals surface area contributed by atoms with Crippen LogP contribution in [-0.2, 0) is 16.0 Å². The van der Waals surface area contributed by atoms with Gasteiger partial charge in [-0.25, -0.2) is 4.98 Å². The molecule has 26 heavy (non-hydrogen) atoms. The second kappa shape index (κ2) is 8.31. The van der Waals surface area contributed by atoms with E-state index in [9.17, 15) is 9.59 Å². The average molecular weight is 357 g/mol. The Morgan fingerprint density at radius 3 is 3.04 bits per heavy atom. The summed E-state index contributed by atoms with van der Waals surface area (Å²) in [5, 5.41) is 5.79. The molecule has 1 unspecified atom stereocenters. The summed E-state index contributed by atoms with van der Waals surface area (Å²) in [5.41, 5.74) is 1.84. The highest BCUT2D eigenvalue weighted by Gasteiger charge is 2.31. The van der Waals surface area contributed by atoms with Crippen LogP contribution >= 0.6 is 0 Å². The Kier molecular flexibility index (Phi) is 5.88. The molecule has 0 aliphatic carbocycles. The van der Waals surface area contributed by atoms with Gasteiger partial charge in [0.2, 0.25) is 11.8 Å². The number of hydrogen-bond acceptors (Lipinski definition) is 4. The molecular weight excluding hydrogens is 330 g/mol. The number of amides is 2. The molecule has 2 aromatic rings. The Morgan fingerprint density at radius 1 is 1.42 bits per heavy atom. The number of nitrogens with zero attached hydrogens (tertiary/aromatic N) is 3. The Hall–Kier alpha value is -2.41. The molecule has 0 aromatic carbocycles. The summed E-state index contributed by atoms with van der Waals surface area (Å²) in [5.74, 6) is 0.318. The van der Waals surface area contributed by atoms with Crippen molar-refractivity contribution in [1.29, 1.82) is 0 Å². The molecule has 2 amide bonds. The maximum absolute atomic E-state index is 12.3. The van der Waals surface area contributed by atoms with E-state index in [4.69, 9.17) is 0 Å². The largest absolute Gasteiger partial charge is 0.356 e. The number of carbonyl (C=O) groups excluding carboxylic acids is 2. The lowest BCUT2D eigenvalue weighted by Crippen LogP contribution is -2.57. The van der Waals surface area contributed by atoms with Gasteiger partial charge in [-0.1, -0.05) is 19.9 Å². The molecule has 1 saturated heterocycles. The Balaban J connectivity index is 1.50. The van der Waals surface area contributed by atoms with Crippen LogP contribution in [0.15, 0.2) is 30.6 Å². The minimum Gasteiger partial charge on any atom is -0.356 e. The molecule has 1 aliphatic heterocycles. The average Bonchev–Trinajstić information content (AvgIpc) is 3.00. The fourth-order valence-electron chi connectivity index (χ4n) is 3.36. The first-order valence-corrected chi connectivity index (χ1v) is 9.24. The predicted octanol–water partition coefficient (Wildman–Crippen LogP) is 0.840. The summed E-state index contributed by atoms with van der Waals surface area (Å²) in [6, 6.07) is 5.48. The number of piperazine rings is 1. The molecule has 2 N–H and O–H groups in total. The number of aromatic nitrogens is 2. The van der Waals surface area contributed by atoms with Crippen molar-refractivity contribution in [1.82, 2.24) is 24.9 Å². The van der Waals surface area contributed by atoms with Crippen molar-refractivity contribution in [3.05, 3.63) is 36.3 Å². The Morgan fingerprint density at radius 2 is 2.27 bits per heavy atom. The lowest BCUT2D eigenvalue weighted by atomic mass is 10.1. The van der Waals surface area contributed by atoms with Gasteiger partial charge in [-0.3, -0.25) is 14.5 Å². The van der Waals surface area contributed by atoms with Crippen molar-refractivity contribution in [3.63, 3.8) is 0 Å². The highest BCUT2D eigenvalue weighted by Crippen LogP contribution is 2.11. The molecule has 0 saturated carbocycles. The number of hydrogen-bond donors (Lipinski definition) is 2. The monoisotopic (exact) mass is 357 g/mol. The minimum atomic E-state index is -0.374. The molecule has 7 heteroatoms. The van der Waals surface area contributed by atoms with E-state index in [0.717, 1.165) is 24.4 Å². The Labute approximate surface area is 153 Å². The zero-order valence-corrected chi connectivity index (χ0v) is 15.4. The zero-order valence-electron chi connectivity index (χ0n) is 15.4. The number of carbonyl (C=O) groups is 2. The normalized spacial score (nSPS) is 18.3. The third kappa shape index (κ3) is 4.60. The molecule has 0 spiro atoms. The van der Waals surface area contributed by atoms with Crippen LogP contribution in [0.25, 0.3) is 5.65 Å². The third-order valence-electron chi connectivity index (χ3n) is 4.54. The van der Waals surface area contributed by atoms with E-state index in [1.165, 1.54) is 0 Å². The molecule has 1 atom stereocenters. The van der Waals surface area contributed by atoms with Gasteiger partial charge >= 0.3 is 0 Å². The number of rotatable bonds is 7.